The van der Waals surface area contributed by atoms with E-state index in [1.54, 1.807) is 4.90 Å². The van der Waals surface area contributed by atoms with Gasteiger partial charge in [0.25, 0.3) is 0 Å². The summed E-state index contributed by atoms with van der Waals surface area (Å²) >= 11 is 0. The number of carbonyl (C=O) groups is 2. The van der Waals surface area contributed by atoms with Gasteiger partial charge < -0.3 is 15.0 Å². The molecule has 0 radical (unpaired) electrons. The molecule has 0 aromatic carbocycles. The third kappa shape index (κ3) is 2.75. The fourth-order valence-electron chi connectivity index (χ4n) is 5.58. The first-order valence-electron chi connectivity index (χ1n) is 8.82. The predicted molar refractivity (Wildman–Crippen MR) is 81.1 cm³/mol. The van der Waals surface area contributed by atoms with Crippen LogP contribution < -0.4 is 5.32 Å². The molecule has 22 heavy (non-hydrogen) atoms. The molecule has 1 aliphatic heterocycles. The normalized spacial score (nSPS) is 39.8. The summed E-state index contributed by atoms with van der Waals surface area (Å²) in [4.78, 5) is 26.3. The average molecular weight is 306 g/mol. The Bertz CT molecular complexity index is 435. The highest BCUT2D eigenvalue weighted by Crippen LogP contribution is 2.57. The van der Waals surface area contributed by atoms with Crippen molar-refractivity contribution < 1.29 is 14.3 Å². The zero-order valence-electron chi connectivity index (χ0n) is 13.2. The minimum absolute atomic E-state index is 0.0729. The minimum Gasteiger partial charge on any atom is -0.459 e. The molecule has 5 nitrogen and oxygen atoms in total. The number of carbonyl (C=O) groups excluding carboxylic acids is 2. The lowest BCUT2D eigenvalue weighted by Gasteiger charge is -2.55. The van der Waals surface area contributed by atoms with E-state index in [1.165, 1.54) is 19.3 Å². The van der Waals surface area contributed by atoms with Gasteiger partial charge in [0.05, 0.1) is 0 Å². The first kappa shape index (κ1) is 14.5. The van der Waals surface area contributed by atoms with Gasteiger partial charge in [0.1, 0.15) is 12.0 Å². The van der Waals surface area contributed by atoms with Gasteiger partial charge in [-0.25, -0.2) is 0 Å². The Balaban J connectivity index is 1.35. The Hall–Kier alpha value is -1.10. The number of nitrogens with one attached hydrogen (secondary N) is 1. The van der Waals surface area contributed by atoms with Gasteiger partial charge in [-0.3, -0.25) is 9.59 Å². The van der Waals surface area contributed by atoms with Crippen LogP contribution in [0.3, 0.4) is 0 Å². The fraction of sp³-hybridized carbons (Fsp3) is 0.882. The lowest BCUT2D eigenvalue weighted by molar-refractivity contribution is -0.187. The third-order valence-electron chi connectivity index (χ3n) is 6.08. The van der Waals surface area contributed by atoms with Crippen LogP contribution in [0.15, 0.2) is 0 Å². The molecule has 4 saturated carbocycles. The molecule has 1 heterocycles. The van der Waals surface area contributed by atoms with E-state index in [1.807, 2.05) is 0 Å². The highest BCUT2D eigenvalue weighted by Gasteiger charge is 2.53. The van der Waals surface area contributed by atoms with E-state index in [4.69, 9.17) is 4.74 Å². The maximum absolute atomic E-state index is 12.3. The maximum atomic E-state index is 12.3. The van der Waals surface area contributed by atoms with Crippen LogP contribution >= 0.6 is 0 Å². The molecule has 0 spiro atoms. The molecule has 4 aliphatic carbocycles. The van der Waals surface area contributed by atoms with Gasteiger partial charge in [0.2, 0.25) is 5.91 Å². The first-order valence-corrected chi connectivity index (χ1v) is 8.82. The molecule has 5 heteroatoms. The van der Waals surface area contributed by atoms with Crippen LogP contribution in [-0.2, 0) is 14.3 Å². The largest absolute Gasteiger partial charge is 0.459 e. The van der Waals surface area contributed by atoms with Gasteiger partial charge in [0.15, 0.2) is 0 Å². The lowest BCUT2D eigenvalue weighted by atomic mass is 9.54. The van der Waals surface area contributed by atoms with E-state index in [0.29, 0.717) is 13.1 Å². The summed E-state index contributed by atoms with van der Waals surface area (Å²) in [6.07, 6.45) is 7.01. The SMILES string of the molecule is O=C(CC(=O)N1CCNCC1)OC12CC3CC(CC(C3)C1)C2. The van der Waals surface area contributed by atoms with E-state index >= 15 is 0 Å². The minimum atomic E-state index is -0.300. The summed E-state index contributed by atoms with van der Waals surface area (Å²) < 4.78 is 5.91. The van der Waals surface area contributed by atoms with Crippen molar-refractivity contribution in [3.63, 3.8) is 0 Å². The molecule has 0 atom stereocenters. The second-order valence-corrected chi connectivity index (χ2v) is 7.88. The monoisotopic (exact) mass is 306 g/mol. The molecule has 1 N–H and O–H groups in total. The summed E-state index contributed by atoms with van der Waals surface area (Å²) in [6.45, 7) is 3.03. The predicted octanol–water partition coefficient (Wildman–Crippen LogP) is 1.32. The second kappa shape index (κ2) is 5.52. The van der Waals surface area contributed by atoms with E-state index in [9.17, 15) is 9.59 Å². The molecule has 5 rings (SSSR count). The molecule has 5 fully saturated rings. The van der Waals surface area contributed by atoms with Gasteiger partial charge >= 0.3 is 5.97 Å². The van der Waals surface area contributed by atoms with Crippen molar-refractivity contribution >= 4 is 11.9 Å². The van der Waals surface area contributed by atoms with Crippen LogP contribution in [0.4, 0.5) is 0 Å². The van der Waals surface area contributed by atoms with Crippen molar-refractivity contribution in [2.45, 2.75) is 50.5 Å². The Kier molecular flexibility index (Phi) is 3.63. The van der Waals surface area contributed by atoms with Crippen LogP contribution in [0.2, 0.25) is 0 Å². The van der Waals surface area contributed by atoms with E-state index in [0.717, 1.165) is 50.1 Å². The van der Waals surface area contributed by atoms with Gasteiger partial charge in [0, 0.05) is 26.2 Å². The van der Waals surface area contributed by atoms with Crippen LogP contribution in [-0.4, -0.2) is 48.6 Å². The van der Waals surface area contributed by atoms with Crippen LogP contribution in [0.1, 0.15) is 44.9 Å². The molecule has 0 unspecified atom stereocenters. The van der Waals surface area contributed by atoms with Crippen LogP contribution in [0.5, 0.6) is 0 Å². The molecule has 5 aliphatic rings. The molecular formula is C17H26N2O3. The summed E-state index contributed by atoms with van der Waals surface area (Å²) in [5.74, 6) is 1.88. The highest BCUT2D eigenvalue weighted by atomic mass is 16.6. The zero-order chi connectivity index (χ0) is 15.2. The van der Waals surface area contributed by atoms with Gasteiger partial charge in [-0.05, 0) is 56.3 Å². The first-order chi connectivity index (χ1) is 10.6. The molecule has 0 aromatic rings. The fourth-order valence-corrected chi connectivity index (χ4v) is 5.58. The van der Waals surface area contributed by atoms with Gasteiger partial charge in [-0.15, -0.1) is 0 Å². The number of rotatable bonds is 3. The standard InChI is InChI=1S/C17H26N2O3/c20-15(19-3-1-18-2-4-19)8-16(21)22-17-9-12-5-13(10-17)7-14(6-12)11-17/h12-14,18H,1-11H2. The number of nitrogens with zero attached hydrogens (tertiary/aromatic N) is 1. The van der Waals surface area contributed by atoms with Crippen molar-refractivity contribution in [1.29, 1.82) is 0 Å². The average Bonchev–Trinajstić information content (AvgIpc) is 2.45. The summed E-state index contributed by atoms with van der Waals surface area (Å²) in [7, 11) is 0. The molecule has 122 valence electrons. The van der Waals surface area contributed by atoms with E-state index in [-0.39, 0.29) is 23.9 Å². The zero-order valence-corrected chi connectivity index (χ0v) is 13.2. The second-order valence-electron chi connectivity index (χ2n) is 7.88. The number of hydrogen-bond donors (Lipinski definition) is 1. The molecule has 1 saturated heterocycles. The molecular weight excluding hydrogens is 280 g/mol. The smallest absolute Gasteiger partial charge is 0.315 e. The molecule has 0 aromatic heterocycles. The van der Waals surface area contributed by atoms with Crippen molar-refractivity contribution in [2.75, 3.05) is 26.2 Å². The van der Waals surface area contributed by atoms with Gasteiger partial charge in [-0.1, -0.05) is 0 Å². The Morgan fingerprint density at radius 3 is 2.09 bits per heavy atom. The summed E-state index contributed by atoms with van der Waals surface area (Å²) in [6, 6.07) is 0. The van der Waals surface area contributed by atoms with E-state index < -0.39 is 0 Å². The van der Waals surface area contributed by atoms with Crippen molar-refractivity contribution in [1.82, 2.24) is 10.2 Å². The Morgan fingerprint density at radius 1 is 1.00 bits per heavy atom. The Morgan fingerprint density at radius 2 is 1.55 bits per heavy atom. The molecule has 1 amide bonds. The quantitative estimate of drug-likeness (QED) is 0.631. The number of piperazine rings is 1. The van der Waals surface area contributed by atoms with Crippen molar-refractivity contribution in [2.24, 2.45) is 17.8 Å². The number of amides is 1. The number of hydrogen-bond acceptors (Lipinski definition) is 4. The Labute approximate surface area is 131 Å². The number of esters is 1. The molecule has 4 bridgehead atoms. The number of ether oxygens (including phenoxy) is 1. The van der Waals surface area contributed by atoms with Crippen molar-refractivity contribution in [3.8, 4) is 0 Å². The highest BCUT2D eigenvalue weighted by molar-refractivity contribution is 5.94. The summed E-state index contributed by atoms with van der Waals surface area (Å²) in [5.41, 5.74) is -0.227. The van der Waals surface area contributed by atoms with Crippen LogP contribution in [0.25, 0.3) is 0 Å². The third-order valence-corrected chi connectivity index (χ3v) is 6.08. The summed E-state index contributed by atoms with van der Waals surface area (Å²) in [5, 5.41) is 3.22. The maximum Gasteiger partial charge on any atom is 0.315 e. The van der Waals surface area contributed by atoms with Crippen molar-refractivity contribution in [3.05, 3.63) is 0 Å². The van der Waals surface area contributed by atoms with Gasteiger partial charge in [-0.2, -0.15) is 0 Å². The van der Waals surface area contributed by atoms with E-state index in [2.05, 4.69) is 5.32 Å². The van der Waals surface area contributed by atoms with Crippen LogP contribution in [0, 0.1) is 17.8 Å². The lowest BCUT2D eigenvalue weighted by Crippen LogP contribution is -2.53. The topological polar surface area (TPSA) is 58.6 Å².